The van der Waals surface area contributed by atoms with Crippen LogP contribution in [-0.2, 0) is 11.2 Å². The van der Waals surface area contributed by atoms with Gasteiger partial charge < -0.3 is 19.0 Å². The van der Waals surface area contributed by atoms with Crippen molar-refractivity contribution in [2.24, 2.45) is 0 Å². The Hall–Kier alpha value is -3.06. The summed E-state index contributed by atoms with van der Waals surface area (Å²) in [5.41, 5.74) is 2.19. The third-order valence-electron chi connectivity index (χ3n) is 5.83. The number of furan rings is 1. The molecular formula is C25H28N2O4S. The number of amides is 2. The van der Waals surface area contributed by atoms with Gasteiger partial charge in [-0.15, -0.1) is 11.3 Å². The van der Waals surface area contributed by atoms with Crippen LogP contribution in [0.25, 0.3) is 0 Å². The van der Waals surface area contributed by atoms with Crippen LogP contribution >= 0.6 is 11.3 Å². The topological polar surface area (TPSA) is 63.0 Å². The van der Waals surface area contributed by atoms with Crippen LogP contribution in [0.1, 0.15) is 46.4 Å². The number of rotatable bonds is 7. The zero-order valence-corrected chi connectivity index (χ0v) is 19.4. The molecule has 2 amide bonds. The van der Waals surface area contributed by atoms with Crippen molar-refractivity contribution in [3.8, 4) is 5.75 Å². The van der Waals surface area contributed by atoms with Crippen LogP contribution in [0.3, 0.4) is 0 Å². The highest BCUT2D eigenvalue weighted by Crippen LogP contribution is 2.34. The molecule has 1 atom stereocenters. The average molecular weight is 453 g/mol. The maximum absolute atomic E-state index is 13.5. The number of hydrogen-bond donors (Lipinski definition) is 0. The van der Waals surface area contributed by atoms with E-state index in [1.54, 1.807) is 28.4 Å². The maximum Gasteiger partial charge on any atom is 0.290 e. The van der Waals surface area contributed by atoms with E-state index in [0.29, 0.717) is 13.2 Å². The minimum Gasteiger partial charge on any atom is -0.491 e. The molecule has 0 saturated carbocycles. The van der Waals surface area contributed by atoms with Crippen LogP contribution in [0.2, 0.25) is 0 Å². The summed E-state index contributed by atoms with van der Waals surface area (Å²) in [5.74, 6) is 0.692. The molecule has 0 aliphatic carbocycles. The van der Waals surface area contributed by atoms with Gasteiger partial charge in [0.15, 0.2) is 5.76 Å². The fraction of sp³-hybridized carbons (Fsp3) is 0.360. The molecule has 1 aliphatic heterocycles. The molecule has 7 heteroatoms. The second kappa shape index (κ2) is 9.61. The van der Waals surface area contributed by atoms with Gasteiger partial charge in [-0.1, -0.05) is 18.2 Å². The normalized spacial score (nSPS) is 15.5. The molecule has 0 unspecified atom stereocenters. The third kappa shape index (κ3) is 4.58. The molecule has 0 N–H and O–H groups in total. The number of hydrogen-bond acceptors (Lipinski definition) is 5. The van der Waals surface area contributed by atoms with E-state index in [2.05, 4.69) is 11.4 Å². The Morgan fingerprint density at radius 3 is 2.75 bits per heavy atom. The van der Waals surface area contributed by atoms with Crippen LogP contribution in [-0.4, -0.2) is 47.4 Å². The van der Waals surface area contributed by atoms with E-state index in [0.717, 1.165) is 23.3 Å². The van der Waals surface area contributed by atoms with E-state index in [9.17, 15) is 9.59 Å². The van der Waals surface area contributed by atoms with Crippen LogP contribution < -0.4 is 4.74 Å². The van der Waals surface area contributed by atoms with Crippen LogP contribution in [0.5, 0.6) is 5.75 Å². The molecule has 2 aromatic heterocycles. The van der Waals surface area contributed by atoms with E-state index in [-0.39, 0.29) is 36.2 Å². The molecule has 3 aromatic rings. The Morgan fingerprint density at radius 1 is 1.22 bits per heavy atom. The first kappa shape index (κ1) is 22.1. The summed E-state index contributed by atoms with van der Waals surface area (Å²) >= 11 is 1.72. The predicted octanol–water partition coefficient (Wildman–Crippen LogP) is 4.71. The summed E-state index contributed by atoms with van der Waals surface area (Å²) in [4.78, 5) is 31.1. The predicted molar refractivity (Wildman–Crippen MR) is 124 cm³/mol. The van der Waals surface area contributed by atoms with Gasteiger partial charge in [-0.2, -0.15) is 0 Å². The van der Waals surface area contributed by atoms with Gasteiger partial charge in [-0.3, -0.25) is 9.59 Å². The molecule has 1 aromatic carbocycles. The van der Waals surface area contributed by atoms with E-state index in [1.165, 1.54) is 11.1 Å². The Bertz CT molecular complexity index is 1070. The summed E-state index contributed by atoms with van der Waals surface area (Å²) in [6.07, 6.45) is 2.28. The molecule has 0 saturated heterocycles. The largest absolute Gasteiger partial charge is 0.491 e. The molecule has 6 nitrogen and oxygen atoms in total. The van der Waals surface area contributed by atoms with Gasteiger partial charge >= 0.3 is 0 Å². The highest BCUT2D eigenvalue weighted by atomic mass is 32.1. The molecule has 1 aliphatic rings. The van der Waals surface area contributed by atoms with Gasteiger partial charge in [0.25, 0.3) is 5.91 Å². The van der Waals surface area contributed by atoms with Crippen molar-refractivity contribution < 1.29 is 18.7 Å². The minimum absolute atomic E-state index is 0.00245. The number of ether oxygens (including phenoxy) is 1. The molecule has 0 fully saturated rings. The lowest BCUT2D eigenvalue weighted by atomic mass is 10.00. The lowest BCUT2D eigenvalue weighted by Gasteiger charge is -2.37. The zero-order chi connectivity index (χ0) is 22.7. The monoisotopic (exact) mass is 452 g/mol. The molecule has 0 spiro atoms. The van der Waals surface area contributed by atoms with Crippen molar-refractivity contribution in [1.29, 1.82) is 0 Å². The second-order valence-electron chi connectivity index (χ2n) is 8.23. The number of carbonyl (C=O) groups is 2. The summed E-state index contributed by atoms with van der Waals surface area (Å²) in [5, 5.41) is 2.07. The smallest absolute Gasteiger partial charge is 0.290 e. The first-order valence-electron chi connectivity index (χ1n) is 10.8. The number of thiophene rings is 1. The Labute approximate surface area is 192 Å². The van der Waals surface area contributed by atoms with E-state index in [1.807, 2.05) is 49.9 Å². The van der Waals surface area contributed by atoms with Crippen molar-refractivity contribution >= 4 is 23.2 Å². The molecule has 3 heterocycles. The van der Waals surface area contributed by atoms with Crippen LogP contribution in [0, 0.1) is 6.92 Å². The fourth-order valence-electron chi connectivity index (χ4n) is 4.03. The summed E-state index contributed by atoms with van der Waals surface area (Å²) in [7, 11) is 0. The number of fused-ring (bicyclic) bond motifs is 1. The van der Waals surface area contributed by atoms with Crippen molar-refractivity contribution in [3.05, 3.63) is 75.9 Å². The Kier molecular flexibility index (Phi) is 6.65. The van der Waals surface area contributed by atoms with Crippen LogP contribution in [0.4, 0.5) is 0 Å². The van der Waals surface area contributed by atoms with Gasteiger partial charge in [0.1, 0.15) is 18.9 Å². The first-order valence-corrected chi connectivity index (χ1v) is 11.7. The number of benzene rings is 1. The number of nitrogens with zero attached hydrogens (tertiary/aromatic N) is 2. The Balaban J connectivity index is 1.53. The number of aryl methyl sites for hydroxylation is 1. The summed E-state index contributed by atoms with van der Waals surface area (Å²) in [6.45, 7) is 6.79. The molecule has 4 rings (SSSR count). The van der Waals surface area contributed by atoms with Crippen LogP contribution in [0.15, 0.2) is 58.5 Å². The highest BCUT2D eigenvalue weighted by Gasteiger charge is 2.34. The SMILES string of the molecule is Cc1ccccc1OC[C@@H]1c2ccsc2CCN1C(=O)CN(C(=O)c1ccco1)C(C)C. The minimum atomic E-state index is -0.278. The van der Waals surface area contributed by atoms with E-state index >= 15 is 0 Å². The summed E-state index contributed by atoms with van der Waals surface area (Å²) in [6, 6.07) is 12.9. The summed E-state index contributed by atoms with van der Waals surface area (Å²) < 4.78 is 11.4. The van der Waals surface area contributed by atoms with Gasteiger partial charge in [-0.05, 0) is 68.0 Å². The van der Waals surface area contributed by atoms with E-state index in [4.69, 9.17) is 9.15 Å². The second-order valence-corrected chi connectivity index (χ2v) is 9.23. The lowest BCUT2D eigenvalue weighted by molar-refractivity contribution is -0.136. The molecule has 0 radical (unpaired) electrons. The van der Waals surface area contributed by atoms with Crippen molar-refractivity contribution in [1.82, 2.24) is 9.80 Å². The average Bonchev–Trinajstić information content (AvgIpc) is 3.48. The van der Waals surface area contributed by atoms with E-state index < -0.39 is 0 Å². The molecule has 32 heavy (non-hydrogen) atoms. The van der Waals surface area contributed by atoms with Gasteiger partial charge in [0, 0.05) is 17.5 Å². The van der Waals surface area contributed by atoms with Crippen molar-refractivity contribution in [2.45, 2.75) is 39.3 Å². The van der Waals surface area contributed by atoms with Crippen molar-refractivity contribution in [3.63, 3.8) is 0 Å². The molecular weight excluding hydrogens is 424 g/mol. The lowest BCUT2D eigenvalue weighted by Crippen LogP contribution is -2.49. The standard InChI is InChI=1S/C25H28N2O4S/c1-17(2)27(25(29)22-9-6-13-30-22)15-24(28)26-12-10-23-19(11-14-32-23)20(26)16-31-21-8-5-4-7-18(21)3/h4-9,11,13-14,17,20H,10,12,15-16H2,1-3H3/t20-/m1/s1. The quantitative estimate of drug-likeness (QED) is 0.521. The first-order chi connectivity index (χ1) is 15.5. The van der Waals surface area contributed by atoms with Gasteiger partial charge in [0.2, 0.25) is 5.91 Å². The van der Waals surface area contributed by atoms with Gasteiger partial charge in [0.05, 0.1) is 12.3 Å². The highest BCUT2D eigenvalue weighted by molar-refractivity contribution is 7.10. The third-order valence-corrected chi connectivity index (χ3v) is 6.82. The zero-order valence-electron chi connectivity index (χ0n) is 18.6. The fourth-order valence-corrected chi connectivity index (χ4v) is 4.96. The Morgan fingerprint density at radius 2 is 2.03 bits per heavy atom. The van der Waals surface area contributed by atoms with Crippen molar-refractivity contribution in [2.75, 3.05) is 19.7 Å². The number of carbonyl (C=O) groups excluding carboxylic acids is 2. The maximum atomic E-state index is 13.5. The molecule has 0 bridgehead atoms. The van der Waals surface area contributed by atoms with Gasteiger partial charge in [-0.25, -0.2) is 0 Å². The number of para-hydroxylation sites is 1. The molecule has 168 valence electrons.